The molecule has 1 aliphatic heterocycles. The first-order chi connectivity index (χ1) is 9.99. The largest absolute Gasteiger partial charge is 0.466 e. The number of carbonyl (C=O) groups is 3. The minimum absolute atomic E-state index is 0.179. The van der Waals surface area contributed by atoms with Crippen molar-refractivity contribution in [2.24, 2.45) is 0 Å². The summed E-state index contributed by atoms with van der Waals surface area (Å²) < 4.78 is 4.67. The molecule has 21 heavy (non-hydrogen) atoms. The number of fused-ring (bicyclic) bond motifs is 1. The number of nitrogens with zero attached hydrogens (tertiary/aromatic N) is 1. The molecule has 0 atom stereocenters. The molecule has 0 bridgehead atoms. The smallest absolute Gasteiger partial charge is 0.333 e. The van der Waals surface area contributed by atoms with E-state index in [4.69, 9.17) is 0 Å². The highest BCUT2D eigenvalue weighted by atomic mass is 16.5. The van der Waals surface area contributed by atoms with Gasteiger partial charge >= 0.3 is 5.97 Å². The summed E-state index contributed by atoms with van der Waals surface area (Å²) in [4.78, 5) is 36.9. The average Bonchev–Trinajstić information content (AvgIpc) is 2.72. The van der Waals surface area contributed by atoms with Gasteiger partial charge in [-0.25, -0.2) is 4.79 Å². The minimum atomic E-state index is -0.563. The van der Waals surface area contributed by atoms with Gasteiger partial charge in [0.1, 0.15) is 0 Å². The number of Topliss-reactive ketones (excluding diaryl/α,β-unsaturated/α-hetero) is 1. The minimum Gasteiger partial charge on any atom is -0.466 e. The average molecular weight is 287 g/mol. The summed E-state index contributed by atoms with van der Waals surface area (Å²) in [5.74, 6) is -1.48. The third-order valence-corrected chi connectivity index (χ3v) is 3.48. The van der Waals surface area contributed by atoms with Crippen LogP contribution in [0.15, 0.2) is 29.8 Å². The Labute approximate surface area is 123 Å². The summed E-state index contributed by atoms with van der Waals surface area (Å²) in [6.07, 6.45) is 2.13. The summed E-state index contributed by atoms with van der Waals surface area (Å²) in [5.41, 5.74) is 2.42. The van der Waals surface area contributed by atoms with E-state index in [1.807, 2.05) is 19.9 Å². The first-order valence-electron chi connectivity index (χ1n) is 6.73. The van der Waals surface area contributed by atoms with Crippen LogP contribution in [0.5, 0.6) is 0 Å². The van der Waals surface area contributed by atoms with Gasteiger partial charge < -0.3 is 9.64 Å². The van der Waals surface area contributed by atoms with Crippen molar-refractivity contribution in [3.8, 4) is 0 Å². The molecule has 0 radical (unpaired) electrons. The number of amides is 1. The Balaban J connectivity index is 2.30. The van der Waals surface area contributed by atoms with Gasteiger partial charge in [-0.15, -0.1) is 0 Å². The summed E-state index contributed by atoms with van der Waals surface area (Å²) in [7, 11) is 1.31. The summed E-state index contributed by atoms with van der Waals surface area (Å²) in [6, 6.07) is 5.31. The van der Waals surface area contributed by atoms with E-state index in [1.54, 1.807) is 18.2 Å². The SMILES string of the molecule is CCC(=CCN1C(=O)C(=O)c2cc(C)ccc21)C(=O)OC. The van der Waals surface area contributed by atoms with Gasteiger partial charge in [-0.05, 0) is 25.5 Å². The van der Waals surface area contributed by atoms with Crippen LogP contribution in [-0.4, -0.2) is 31.3 Å². The number of hydrogen-bond acceptors (Lipinski definition) is 4. The number of ketones is 1. The summed E-state index contributed by atoms with van der Waals surface area (Å²) in [6.45, 7) is 3.88. The first kappa shape index (κ1) is 15.0. The van der Waals surface area contributed by atoms with E-state index in [1.165, 1.54) is 12.0 Å². The lowest BCUT2D eigenvalue weighted by atomic mass is 10.1. The predicted octanol–water partition coefficient (Wildman–Crippen LogP) is 2.03. The number of benzene rings is 1. The maximum atomic E-state index is 12.0. The van der Waals surface area contributed by atoms with Crippen LogP contribution in [0.4, 0.5) is 5.69 Å². The van der Waals surface area contributed by atoms with Crippen molar-refractivity contribution in [2.75, 3.05) is 18.6 Å². The van der Waals surface area contributed by atoms with Crippen LogP contribution in [-0.2, 0) is 14.3 Å². The quantitative estimate of drug-likeness (QED) is 0.483. The van der Waals surface area contributed by atoms with Crippen molar-refractivity contribution in [2.45, 2.75) is 20.3 Å². The Morgan fingerprint density at radius 3 is 2.67 bits per heavy atom. The maximum absolute atomic E-state index is 12.0. The van der Waals surface area contributed by atoms with Crippen LogP contribution in [0, 0.1) is 6.92 Å². The molecule has 1 aromatic carbocycles. The zero-order valence-corrected chi connectivity index (χ0v) is 12.3. The van der Waals surface area contributed by atoms with Crippen molar-refractivity contribution < 1.29 is 19.1 Å². The highest BCUT2D eigenvalue weighted by Gasteiger charge is 2.35. The molecule has 5 nitrogen and oxygen atoms in total. The fourth-order valence-corrected chi connectivity index (χ4v) is 2.30. The van der Waals surface area contributed by atoms with E-state index in [9.17, 15) is 14.4 Å². The number of carbonyl (C=O) groups excluding carboxylic acids is 3. The van der Waals surface area contributed by atoms with Gasteiger partial charge in [0.25, 0.3) is 11.7 Å². The number of esters is 1. The standard InChI is InChI=1S/C16H17NO4/c1-4-11(16(20)21-3)7-8-17-13-6-5-10(2)9-12(13)14(18)15(17)19/h5-7,9H,4,8H2,1-3H3. The van der Waals surface area contributed by atoms with Crippen LogP contribution < -0.4 is 4.90 Å². The normalized spacial score (nSPS) is 14.4. The third kappa shape index (κ3) is 2.72. The second-order valence-corrected chi connectivity index (χ2v) is 4.84. The van der Waals surface area contributed by atoms with Crippen molar-refractivity contribution in [1.82, 2.24) is 0 Å². The maximum Gasteiger partial charge on any atom is 0.333 e. The molecule has 1 amide bonds. The Bertz CT molecular complexity index is 646. The van der Waals surface area contributed by atoms with Crippen LogP contribution in [0.2, 0.25) is 0 Å². The number of anilines is 1. The van der Waals surface area contributed by atoms with Gasteiger partial charge in [-0.1, -0.05) is 24.6 Å². The Hall–Kier alpha value is -2.43. The van der Waals surface area contributed by atoms with Crippen LogP contribution in [0.1, 0.15) is 29.3 Å². The van der Waals surface area contributed by atoms with Crippen molar-refractivity contribution >= 4 is 23.3 Å². The molecule has 0 saturated heterocycles. The van der Waals surface area contributed by atoms with E-state index in [0.29, 0.717) is 23.2 Å². The van der Waals surface area contributed by atoms with Crippen molar-refractivity contribution in [3.63, 3.8) is 0 Å². The fourth-order valence-electron chi connectivity index (χ4n) is 2.30. The molecule has 0 fully saturated rings. The molecule has 5 heteroatoms. The van der Waals surface area contributed by atoms with E-state index in [0.717, 1.165) is 5.56 Å². The highest BCUT2D eigenvalue weighted by Crippen LogP contribution is 2.29. The van der Waals surface area contributed by atoms with Crippen LogP contribution in [0.25, 0.3) is 0 Å². The lowest BCUT2D eigenvalue weighted by Gasteiger charge is -2.15. The molecule has 0 aromatic heterocycles. The summed E-state index contributed by atoms with van der Waals surface area (Å²) >= 11 is 0. The monoisotopic (exact) mass is 287 g/mol. The number of aryl methyl sites for hydroxylation is 1. The zero-order valence-electron chi connectivity index (χ0n) is 12.3. The molecule has 0 saturated carbocycles. The van der Waals surface area contributed by atoms with E-state index >= 15 is 0 Å². The summed E-state index contributed by atoms with van der Waals surface area (Å²) in [5, 5.41) is 0. The van der Waals surface area contributed by atoms with E-state index < -0.39 is 17.7 Å². The second kappa shape index (κ2) is 5.91. The molecule has 110 valence electrons. The third-order valence-electron chi connectivity index (χ3n) is 3.48. The first-order valence-corrected chi connectivity index (χ1v) is 6.73. The molecular weight excluding hydrogens is 270 g/mol. The number of methoxy groups -OCH3 is 1. The van der Waals surface area contributed by atoms with Gasteiger partial charge in [-0.3, -0.25) is 9.59 Å². The van der Waals surface area contributed by atoms with E-state index in [-0.39, 0.29) is 6.54 Å². The molecule has 1 aliphatic rings. The fraction of sp³-hybridized carbons (Fsp3) is 0.312. The molecule has 0 N–H and O–H groups in total. The molecule has 0 spiro atoms. The van der Waals surface area contributed by atoms with Gasteiger partial charge in [0.05, 0.1) is 18.4 Å². The Kier molecular flexibility index (Phi) is 4.21. The Morgan fingerprint density at radius 2 is 2.05 bits per heavy atom. The molecule has 1 heterocycles. The van der Waals surface area contributed by atoms with Gasteiger partial charge in [0.15, 0.2) is 0 Å². The number of ether oxygens (including phenoxy) is 1. The second-order valence-electron chi connectivity index (χ2n) is 4.84. The van der Waals surface area contributed by atoms with Crippen LogP contribution >= 0.6 is 0 Å². The van der Waals surface area contributed by atoms with Crippen molar-refractivity contribution in [3.05, 3.63) is 41.0 Å². The lowest BCUT2D eigenvalue weighted by Crippen LogP contribution is -2.30. The number of hydrogen-bond donors (Lipinski definition) is 0. The molecule has 1 aromatic rings. The van der Waals surface area contributed by atoms with Crippen LogP contribution in [0.3, 0.4) is 0 Å². The zero-order chi connectivity index (χ0) is 15.6. The predicted molar refractivity (Wildman–Crippen MR) is 78.3 cm³/mol. The van der Waals surface area contributed by atoms with Gasteiger partial charge in [-0.2, -0.15) is 0 Å². The number of rotatable bonds is 4. The lowest BCUT2D eigenvalue weighted by molar-refractivity contribution is -0.136. The molecule has 0 aliphatic carbocycles. The Morgan fingerprint density at radius 1 is 1.33 bits per heavy atom. The van der Waals surface area contributed by atoms with E-state index in [2.05, 4.69) is 4.74 Å². The molecular formula is C16H17NO4. The highest BCUT2D eigenvalue weighted by molar-refractivity contribution is 6.52. The van der Waals surface area contributed by atoms with Gasteiger partial charge in [0.2, 0.25) is 0 Å². The van der Waals surface area contributed by atoms with Crippen molar-refractivity contribution in [1.29, 1.82) is 0 Å². The molecule has 2 rings (SSSR count). The van der Waals surface area contributed by atoms with Gasteiger partial charge in [0, 0.05) is 12.1 Å². The molecule has 0 unspecified atom stereocenters. The topological polar surface area (TPSA) is 63.7 Å².